The third kappa shape index (κ3) is 4.28. The Bertz CT molecular complexity index is 1160. The lowest BCUT2D eigenvalue weighted by Gasteiger charge is -2.24. The van der Waals surface area contributed by atoms with Crippen LogP contribution in [0.5, 0.6) is 0 Å². The summed E-state index contributed by atoms with van der Waals surface area (Å²) >= 11 is 0.659. The van der Waals surface area contributed by atoms with E-state index >= 15 is 0 Å². The quantitative estimate of drug-likeness (QED) is 0.465. The topological polar surface area (TPSA) is 113 Å². The van der Waals surface area contributed by atoms with Crippen molar-refractivity contribution in [1.82, 2.24) is 15.0 Å². The summed E-state index contributed by atoms with van der Waals surface area (Å²) < 4.78 is 44.1. The average Bonchev–Trinajstić information content (AvgIpc) is 2.74. The molecule has 1 aromatic carbocycles. The molecule has 2 aromatic heterocycles. The summed E-state index contributed by atoms with van der Waals surface area (Å²) in [5, 5.41) is 10.5. The normalized spacial score (nSPS) is 13.1. The van der Waals surface area contributed by atoms with Crippen LogP contribution in [0.4, 0.5) is 24.7 Å². The number of nitrogens with zero attached hydrogens (tertiary/aromatic N) is 5. The molecule has 0 unspecified atom stereocenters. The van der Waals surface area contributed by atoms with E-state index < -0.39 is 22.6 Å². The van der Waals surface area contributed by atoms with Crippen molar-refractivity contribution in [3.05, 3.63) is 53.7 Å². The highest BCUT2D eigenvalue weighted by molar-refractivity contribution is 8.14. The van der Waals surface area contributed by atoms with Gasteiger partial charge in [-0.25, -0.2) is 19.3 Å². The fraction of sp³-hybridized carbons (Fsp3) is 0.211. The Hall–Kier alpha value is -3.39. The first kappa shape index (κ1) is 21.3. The van der Waals surface area contributed by atoms with Gasteiger partial charge < -0.3 is 11.1 Å². The number of nitrogens with two attached hydrogens (primary N) is 1. The highest BCUT2D eigenvalue weighted by Crippen LogP contribution is 2.40. The van der Waals surface area contributed by atoms with Gasteiger partial charge in [-0.3, -0.25) is 4.99 Å². The molecule has 2 heterocycles. The van der Waals surface area contributed by atoms with Gasteiger partial charge in [-0.15, -0.1) is 0 Å². The van der Waals surface area contributed by atoms with E-state index in [0.29, 0.717) is 28.4 Å². The van der Waals surface area contributed by atoms with Crippen molar-refractivity contribution in [1.29, 1.82) is 5.26 Å². The van der Waals surface area contributed by atoms with E-state index in [4.69, 9.17) is 11.0 Å². The predicted octanol–water partition coefficient (Wildman–Crippen LogP) is 3.94. The zero-order chi connectivity index (χ0) is 21.9. The second-order valence-electron chi connectivity index (χ2n) is 6.19. The van der Waals surface area contributed by atoms with Crippen LogP contribution in [0, 0.1) is 17.1 Å². The van der Waals surface area contributed by atoms with Crippen LogP contribution in [-0.2, 0) is 5.92 Å². The van der Waals surface area contributed by atoms with E-state index in [1.165, 1.54) is 38.6 Å². The van der Waals surface area contributed by atoms with E-state index in [2.05, 4.69) is 25.3 Å². The highest BCUT2D eigenvalue weighted by Gasteiger charge is 2.42. The highest BCUT2D eigenvalue weighted by atomic mass is 32.2. The lowest BCUT2D eigenvalue weighted by atomic mass is 10.0. The zero-order valence-corrected chi connectivity index (χ0v) is 16.7. The van der Waals surface area contributed by atoms with Crippen molar-refractivity contribution < 1.29 is 13.2 Å². The molecule has 0 aliphatic rings. The molecule has 0 saturated carbocycles. The number of amidine groups is 1. The summed E-state index contributed by atoms with van der Waals surface area (Å²) in [5.41, 5.74) is 5.98. The molecule has 7 nitrogen and oxygen atoms in total. The molecule has 11 heteroatoms. The summed E-state index contributed by atoms with van der Waals surface area (Å²) in [5.74, 6) is -4.33. The van der Waals surface area contributed by atoms with Crippen LogP contribution < -0.4 is 11.1 Å². The number of thioether (sulfide) groups is 1. The molecule has 0 saturated heterocycles. The first-order chi connectivity index (χ1) is 14.3. The second-order valence-corrected chi connectivity index (χ2v) is 7.55. The van der Waals surface area contributed by atoms with Crippen molar-refractivity contribution in [2.45, 2.75) is 18.1 Å². The van der Waals surface area contributed by atoms with Gasteiger partial charge in [0.2, 0.25) is 0 Å². The minimum Gasteiger partial charge on any atom is -0.379 e. The van der Waals surface area contributed by atoms with Gasteiger partial charge in [-0.05, 0) is 31.2 Å². The summed E-state index contributed by atoms with van der Waals surface area (Å²) in [6.07, 6.45) is 2.60. The summed E-state index contributed by atoms with van der Waals surface area (Å²) in [7, 11) is 1.39. The van der Waals surface area contributed by atoms with Crippen molar-refractivity contribution in [3.63, 3.8) is 0 Å². The van der Waals surface area contributed by atoms with Gasteiger partial charge in [0, 0.05) is 18.9 Å². The Kier molecular flexibility index (Phi) is 6.07. The molecule has 0 aliphatic carbocycles. The molecule has 0 radical (unpaired) electrons. The molecule has 0 aliphatic heterocycles. The molecular weight excluding hydrogens is 415 g/mol. The average molecular weight is 431 g/mol. The number of halogens is 3. The van der Waals surface area contributed by atoms with Gasteiger partial charge in [-0.1, -0.05) is 11.8 Å². The van der Waals surface area contributed by atoms with Crippen LogP contribution in [-0.4, -0.2) is 32.4 Å². The molecule has 0 bridgehead atoms. The van der Waals surface area contributed by atoms with Gasteiger partial charge in [0.1, 0.15) is 23.7 Å². The molecule has 3 rings (SSSR count). The Morgan fingerprint density at radius 1 is 1.30 bits per heavy atom. The maximum absolute atomic E-state index is 14.9. The maximum atomic E-state index is 14.9. The van der Waals surface area contributed by atoms with E-state index in [0.717, 1.165) is 12.1 Å². The molecule has 1 atom stereocenters. The number of benzene rings is 1. The number of aliphatic imine (C=N–C) groups is 1. The predicted molar refractivity (Wildman–Crippen MR) is 110 cm³/mol. The van der Waals surface area contributed by atoms with Crippen molar-refractivity contribution in [2.75, 3.05) is 12.4 Å². The van der Waals surface area contributed by atoms with Crippen molar-refractivity contribution in [3.8, 4) is 6.07 Å². The SMILES string of the molecule is CN=C(N)S[C@H](C)C(F)(F)c1cc(Nc2ncnc3cc(C#N)cnc23)ccc1F. The number of nitrogens with one attached hydrogen (secondary N) is 1. The molecule has 0 spiro atoms. The first-order valence-corrected chi connectivity index (χ1v) is 9.49. The number of pyridine rings is 1. The number of aromatic nitrogens is 3. The van der Waals surface area contributed by atoms with E-state index in [-0.39, 0.29) is 16.7 Å². The molecule has 0 fully saturated rings. The van der Waals surface area contributed by atoms with Gasteiger partial charge >= 0.3 is 0 Å². The van der Waals surface area contributed by atoms with E-state index in [1.807, 2.05) is 6.07 Å². The van der Waals surface area contributed by atoms with E-state index in [1.54, 1.807) is 0 Å². The smallest absolute Gasteiger partial charge is 0.287 e. The minimum absolute atomic E-state index is 0.0212. The van der Waals surface area contributed by atoms with Crippen LogP contribution in [0.15, 0.2) is 41.8 Å². The number of fused-ring (bicyclic) bond motifs is 1. The number of hydrogen-bond donors (Lipinski definition) is 2. The summed E-state index contributed by atoms with van der Waals surface area (Å²) in [6, 6.07) is 6.76. The third-order valence-electron chi connectivity index (χ3n) is 4.22. The second kappa shape index (κ2) is 8.54. The van der Waals surface area contributed by atoms with Crippen LogP contribution in [0.3, 0.4) is 0 Å². The number of nitriles is 1. The summed E-state index contributed by atoms with van der Waals surface area (Å²) in [6.45, 7) is 1.25. The molecule has 30 heavy (non-hydrogen) atoms. The zero-order valence-electron chi connectivity index (χ0n) is 15.9. The van der Waals surface area contributed by atoms with Gasteiger partial charge in [0.05, 0.1) is 21.9 Å². The molecular formula is C19H16F3N7S. The maximum Gasteiger partial charge on any atom is 0.287 e. The molecule has 3 aromatic rings. The number of anilines is 2. The minimum atomic E-state index is -3.52. The van der Waals surface area contributed by atoms with Crippen molar-refractivity contribution in [2.24, 2.45) is 10.7 Å². The lowest BCUT2D eigenvalue weighted by Crippen LogP contribution is -2.29. The monoisotopic (exact) mass is 431 g/mol. The van der Waals surface area contributed by atoms with E-state index in [9.17, 15) is 13.2 Å². The third-order valence-corrected chi connectivity index (χ3v) is 5.29. The first-order valence-electron chi connectivity index (χ1n) is 8.61. The Balaban J connectivity index is 1.96. The van der Waals surface area contributed by atoms with Crippen molar-refractivity contribution >= 4 is 39.5 Å². The molecule has 154 valence electrons. The van der Waals surface area contributed by atoms with Crippen LogP contribution in [0.25, 0.3) is 11.0 Å². The molecule has 3 N–H and O–H groups in total. The fourth-order valence-corrected chi connectivity index (χ4v) is 3.36. The van der Waals surface area contributed by atoms with Gasteiger partial charge in [0.15, 0.2) is 11.0 Å². The van der Waals surface area contributed by atoms with Gasteiger partial charge in [-0.2, -0.15) is 14.0 Å². The number of rotatable bonds is 5. The fourth-order valence-electron chi connectivity index (χ4n) is 2.62. The van der Waals surface area contributed by atoms with Gasteiger partial charge in [0.25, 0.3) is 5.92 Å². The Labute approximate surface area is 174 Å². The van der Waals surface area contributed by atoms with Crippen LogP contribution in [0.1, 0.15) is 18.1 Å². The number of alkyl halides is 2. The largest absolute Gasteiger partial charge is 0.379 e. The summed E-state index contributed by atoms with van der Waals surface area (Å²) in [4.78, 5) is 15.9. The standard InChI is InChI=1S/C19H16F3N7S/c1-10(30-18(24)25-2)19(21,22)13-6-12(3-4-14(13)20)29-17-16-15(27-9-28-17)5-11(7-23)8-26-16/h3-6,8-10H,1-2H3,(H2,24,25)(H,27,28,29)/t10-/m1/s1. The van der Waals surface area contributed by atoms with Crippen LogP contribution in [0.2, 0.25) is 0 Å². The van der Waals surface area contributed by atoms with Crippen LogP contribution >= 0.6 is 11.8 Å². The Morgan fingerprint density at radius 3 is 2.77 bits per heavy atom. The number of hydrogen-bond acceptors (Lipinski definition) is 7. The molecule has 0 amide bonds. The lowest BCUT2D eigenvalue weighted by molar-refractivity contribution is -0.00510. The Morgan fingerprint density at radius 2 is 2.07 bits per heavy atom.